The Morgan fingerprint density at radius 2 is 2.09 bits per heavy atom. The fraction of sp³-hybridized carbons (Fsp3) is 0.278. The van der Waals surface area contributed by atoms with Gasteiger partial charge < -0.3 is 19.5 Å². The van der Waals surface area contributed by atoms with Gasteiger partial charge in [-0.2, -0.15) is 0 Å². The van der Waals surface area contributed by atoms with Crippen molar-refractivity contribution >= 4 is 6.09 Å². The van der Waals surface area contributed by atoms with Gasteiger partial charge in [0.2, 0.25) is 6.79 Å². The number of benzene rings is 2. The van der Waals surface area contributed by atoms with Gasteiger partial charge in [0.1, 0.15) is 0 Å². The normalized spacial score (nSPS) is 20.0. The highest BCUT2D eigenvalue weighted by atomic mass is 16.7. The summed E-state index contributed by atoms with van der Waals surface area (Å²) in [6.07, 6.45) is 0.565. The molecule has 1 atom stereocenters. The molecule has 1 amide bonds. The van der Waals surface area contributed by atoms with Gasteiger partial charge in [-0.3, -0.25) is 0 Å². The van der Waals surface area contributed by atoms with Crippen molar-refractivity contribution in [1.82, 2.24) is 4.90 Å². The van der Waals surface area contributed by atoms with Crippen LogP contribution in [0.25, 0.3) is 11.1 Å². The van der Waals surface area contributed by atoms with E-state index < -0.39 is 6.09 Å². The minimum Gasteiger partial charge on any atom is -0.465 e. The van der Waals surface area contributed by atoms with Crippen LogP contribution in [0, 0.1) is 0 Å². The molecular formula is C18H15NO4. The molecule has 0 bridgehead atoms. The Morgan fingerprint density at radius 3 is 2.96 bits per heavy atom. The number of carbonyl (C=O) groups is 1. The number of fused-ring (bicyclic) bond motifs is 4. The molecule has 5 rings (SSSR count). The molecule has 2 aromatic rings. The zero-order chi connectivity index (χ0) is 15.6. The van der Waals surface area contributed by atoms with Crippen molar-refractivity contribution in [3.8, 4) is 22.6 Å². The first-order chi connectivity index (χ1) is 11.2. The second-order valence-corrected chi connectivity index (χ2v) is 6.16. The molecule has 0 radical (unpaired) electrons. The lowest BCUT2D eigenvalue weighted by atomic mass is 9.76. The molecule has 0 saturated carbocycles. The molecular weight excluding hydrogens is 294 g/mol. The van der Waals surface area contributed by atoms with Gasteiger partial charge in [-0.25, -0.2) is 4.79 Å². The monoisotopic (exact) mass is 309 g/mol. The molecule has 116 valence electrons. The number of ether oxygens (including phenoxy) is 2. The van der Waals surface area contributed by atoms with E-state index in [1.54, 1.807) is 4.90 Å². The maximum Gasteiger partial charge on any atom is 0.407 e. The Kier molecular flexibility index (Phi) is 2.46. The van der Waals surface area contributed by atoms with Crippen LogP contribution in [0.4, 0.5) is 4.79 Å². The van der Waals surface area contributed by atoms with Gasteiger partial charge in [0.15, 0.2) is 11.5 Å². The van der Waals surface area contributed by atoms with Crippen molar-refractivity contribution in [3.05, 3.63) is 47.0 Å². The van der Waals surface area contributed by atoms with Gasteiger partial charge in [0, 0.05) is 12.1 Å². The predicted octanol–water partition coefficient (Wildman–Crippen LogP) is 3.22. The third-order valence-electron chi connectivity index (χ3n) is 5.07. The molecule has 3 aliphatic rings. The SMILES string of the molecule is O=C(O)N1CCc2cc3c(c4c2[C@H]1Cc1ccccc1-4)OCO3. The molecule has 2 aromatic carbocycles. The first-order valence-electron chi connectivity index (χ1n) is 7.77. The Morgan fingerprint density at radius 1 is 1.22 bits per heavy atom. The molecule has 1 N–H and O–H groups in total. The Bertz CT molecular complexity index is 845. The molecule has 5 nitrogen and oxygen atoms in total. The molecule has 0 aromatic heterocycles. The van der Waals surface area contributed by atoms with E-state index in [9.17, 15) is 9.90 Å². The quantitative estimate of drug-likeness (QED) is 0.812. The average molecular weight is 309 g/mol. The maximum absolute atomic E-state index is 11.7. The molecule has 1 aliphatic carbocycles. The van der Waals surface area contributed by atoms with Crippen molar-refractivity contribution in [2.45, 2.75) is 18.9 Å². The minimum atomic E-state index is -0.858. The van der Waals surface area contributed by atoms with Gasteiger partial charge in [0.25, 0.3) is 0 Å². The summed E-state index contributed by atoms with van der Waals surface area (Å²) in [5.74, 6) is 1.53. The van der Waals surface area contributed by atoms with Crippen LogP contribution < -0.4 is 9.47 Å². The smallest absolute Gasteiger partial charge is 0.407 e. The molecule has 2 aliphatic heterocycles. The Labute approximate surface area is 133 Å². The number of hydrogen-bond donors (Lipinski definition) is 1. The summed E-state index contributed by atoms with van der Waals surface area (Å²) >= 11 is 0. The molecule has 5 heteroatoms. The van der Waals surface area contributed by atoms with E-state index in [2.05, 4.69) is 12.1 Å². The lowest BCUT2D eigenvalue weighted by Gasteiger charge is -2.40. The minimum absolute atomic E-state index is 0.143. The number of nitrogens with zero attached hydrogens (tertiary/aromatic N) is 1. The van der Waals surface area contributed by atoms with E-state index in [0.29, 0.717) is 19.4 Å². The lowest BCUT2D eigenvalue weighted by molar-refractivity contribution is 0.119. The van der Waals surface area contributed by atoms with E-state index in [0.717, 1.165) is 33.8 Å². The van der Waals surface area contributed by atoms with Crippen LogP contribution in [0.2, 0.25) is 0 Å². The van der Waals surface area contributed by atoms with E-state index in [-0.39, 0.29) is 12.8 Å². The average Bonchev–Trinajstić information content (AvgIpc) is 3.02. The van der Waals surface area contributed by atoms with Crippen molar-refractivity contribution in [2.75, 3.05) is 13.3 Å². The summed E-state index contributed by atoms with van der Waals surface area (Å²) in [5.41, 5.74) is 5.60. The summed E-state index contributed by atoms with van der Waals surface area (Å²) < 4.78 is 11.3. The first-order valence-corrected chi connectivity index (χ1v) is 7.77. The van der Waals surface area contributed by atoms with Crippen molar-refractivity contribution < 1.29 is 19.4 Å². The first kappa shape index (κ1) is 12.8. The maximum atomic E-state index is 11.7. The fourth-order valence-corrected chi connectivity index (χ4v) is 4.11. The Hall–Kier alpha value is -2.69. The van der Waals surface area contributed by atoms with Gasteiger partial charge >= 0.3 is 6.09 Å². The number of hydrogen-bond acceptors (Lipinski definition) is 3. The molecule has 0 unspecified atom stereocenters. The second-order valence-electron chi connectivity index (χ2n) is 6.16. The summed E-state index contributed by atoms with van der Waals surface area (Å²) in [5, 5.41) is 9.59. The highest BCUT2D eigenvalue weighted by molar-refractivity contribution is 5.84. The second kappa shape index (κ2) is 4.41. The third-order valence-corrected chi connectivity index (χ3v) is 5.07. The molecule has 0 saturated heterocycles. The van der Waals surface area contributed by atoms with Crippen LogP contribution in [0.3, 0.4) is 0 Å². The van der Waals surface area contributed by atoms with Crippen molar-refractivity contribution in [1.29, 1.82) is 0 Å². The zero-order valence-corrected chi connectivity index (χ0v) is 12.4. The van der Waals surface area contributed by atoms with Crippen LogP contribution in [0.15, 0.2) is 30.3 Å². The number of rotatable bonds is 0. The van der Waals surface area contributed by atoms with Crippen LogP contribution in [-0.4, -0.2) is 29.4 Å². The summed E-state index contributed by atoms with van der Waals surface area (Å²) in [4.78, 5) is 13.2. The topological polar surface area (TPSA) is 59.0 Å². The van der Waals surface area contributed by atoms with E-state index in [1.165, 1.54) is 5.56 Å². The van der Waals surface area contributed by atoms with E-state index in [4.69, 9.17) is 9.47 Å². The van der Waals surface area contributed by atoms with Crippen LogP contribution in [0.1, 0.15) is 22.7 Å². The standard InChI is InChI=1S/C18H15NO4/c20-18(21)19-6-5-11-8-14-17(23-9-22-14)16-12-4-2-1-3-10(12)7-13(19)15(11)16/h1-4,8,13H,5-7,9H2,(H,20,21)/t13-/m1/s1. The molecule has 2 heterocycles. The van der Waals surface area contributed by atoms with Gasteiger partial charge in [0.05, 0.1) is 6.04 Å². The van der Waals surface area contributed by atoms with Crippen molar-refractivity contribution in [2.24, 2.45) is 0 Å². The Balaban J connectivity index is 1.84. The van der Waals surface area contributed by atoms with Crippen LogP contribution in [-0.2, 0) is 12.8 Å². The summed E-state index contributed by atoms with van der Waals surface area (Å²) in [6, 6.07) is 10.1. The van der Waals surface area contributed by atoms with Gasteiger partial charge in [-0.1, -0.05) is 24.3 Å². The highest BCUT2D eigenvalue weighted by Crippen LogP contribution is 2.53. The largest absolute Gasteiger partial charge is 0.465 e. The van der Waals surface area contributed by atoms with Crippen LogP contribution in [0.5, 0.6) is 11.5 Å². The van der Waals surface area contributed by atoms with Crippen LogP contribution >= 0.6 is 0 Å². The lowest BCUT2D eigenvalue weighted by Crippen LogP contribution is -2.41. The number of carboxylic acid groups (broad SMARTS) is 1. The zero-order valence-electron chi connectivity index (χ0n) is 12.4. The van der Waals surface area contributed by atoms with E-state index >= 15 is 0 Å². The van der Waals surface area contributed by atoms with Crippen molar-refractivity contribution in [3.63, 3.8) is 0 Å². The van der Waals surface area contributed by atoms with E-state index in [1.807, 2.05) is 18.2 Å². The fourth-order valence-electron chi connectivity index (χ4n) is 4.11. The summed E-state index contributed by atoms with van der Waals surface area (Å²) in [6.45, 7) is 0.745. The molecule has 0 fully saturated rings. The third kappa shape index (κ3) is 1.64. The number of amides is 1. The van der Waals surface area contributed by atoms with Gasteiger partial charge in [-0.05, 0) is 41.2 Å². The van der Waals surface area contributed by atoms with Gasteiger partial charge in [-0.15, -0.1) is 0 Å². The summed E-state index contributed by atoms with van der Waals surface area (Å²) in [7, 11) is 0. The predicted molar refractivity (Wildman–Crippen MR) is 82.9 cm³/mol. The highest BCUT2D eigenvalue weighted by Gasteiger charge is 2.40. The molecule has 0 spiro atoms. The molecule has 23 heavy (non-hydrogen) atoms.